The lowest BCUT2D eigenvalue weighted by molar-refractivity contribution is -0.233. The molecule has 3 aliphatic heterocycles. The van der Waals surface area contributed by atoms with Crippen LogP contribution < -0.4 is 5.32 Å². The molecule has 3 heterocycles. The molecule has 7 atom stereocenters. The lowest BCUT2D eigenvalue weighted by Gasteiger charge is -2.40. The molecule has 0 bridgehead atoms. The Morgan fingerprint density at radius 2 is 1.55 bits per heavy atom. The van der Waals surface area contributed by atoms with Crippen LogP contribution in [-0.2, 0) is 42.8 Å². The molecule has 1 amide bonds. The molecule has 188 valence electrons. The van der Waals surface area contributed by atoms with Crippen LogP contribution in [0.1, 0.15) is 54.9 Å². The molecule has 0 aliphatic carbocycles. The zero-order valence-corrected chi connectivity index (χ0v) is 21.2. The van der Waals surface area contributed by atoms with E-state index >= 15 is 0 Å². The summed E-state index contributed by atoms with van der Waals surface area (Å²) >= 11 is 0.994. The highest BCUT2D eigenvalue weighted by atomic mass is 32.2. The molecule has 3 rings (SSSR count). The van der Waals surface area contributed by atoms with E-state index in [0.717, 1.165) is 11.8 Å². The summed E-state index contributed by atoms with van der Waals surface area (Å²) in [6, 6.07) is -0.799. The van der Waals surface area contributed by atoms with E-state index in [9.17, 15) is 14.4 Å². The molecule has 1 unspecified atom stereocenters. The summed E-state index contributed by atoms with van der Waals surface area (Å²) in [5.74, 6) is -2.88. The third kappa shape index (κ3) is 6.07. The van der Waals surface area contributed by atoms with E-state index in [1.165, 1.54) is 14.0 Å². The summed E-state index contributed by atoms with van der Waals surface area (Å²) < 4.78 is 35.3. The zero-order chi connectivity index (χ0) is 24.7. The van der Waals surface area contributed by atoms with Gasteiger partial charge in [0.15, 0.2) is 23.0 Å². The predicted molar refractivity (Wildman–Crippen MR) is 118 cm³/mol. The van der Waals surface area contributed by atoms with Gasteiger partial charge in [-0.05, 0) is 33.6 Å². The van der Waals surface area contributed by atoms with E-state index in [1.807, 2.05) is 13.8 Å². The standard InChI is InChI=1S/C22H35NO9S/c1-10(2)14(19(26)27-8)23-13(25)9-12(33-11(3)24)15-16-17(30-21(4,5)29-16)18-20(28-15)32-22(6,7)31-18/h10,12,14-18,20H,9H2,1-8H3,(H,23,25)/t12?,14-,15+,16-,17-,18+,20+/m0/s1. The first-order valence-corrected chi connectivity index (χ1v) is 12.0. The first-order valence-electron chi connectivity index (χ1n) is 11.1. The van der Waals surface area contributed by atoms with Crippen LogP contribution in [0.5, 0.6) is 0 Å². The molecule has 3 fully saturated rings. The minimum absolute atomic E-state index is 0.0796. The maximum absolute atomic E-state index is 12.9. The highest BCUT2D eigenvalue weighted by molar-refractivity contribution is 8.14. The normalized spacial score (nSPS) is 33.7. The maximum Gasteiger partial charge on any atom is 0.328 e. The fraction of sp³-hybridized carbons (Fsp3) is 0.864. The predicted octanol–water partition coefficient (Wildman–Crippen LogP) is 1.74. The Hall–Kier alpha value is -1.24. The second-order valence-electron chi connectivity index (χ2n) is 9.80. The van der Waals surface area contributed by atoms with Gasteiger partial charge in [-0.25, -0.2) is 4.79 Å². The monoisotopic (exact) mass is 489 g/mol. The van der Waals surface area contributed by atoms with Crippen molar-refractivity contribution in [3.8, 4) is 0 Å². The van der Waals surface area contributed by atoms with Crippen LogP contribution in [0.3, 0.4) is 0 Å². The largest absolute Gasteiger partial charge is 0.467 e. The Kier molecular flexibility index (Phi) is 7.82. The number of carbonyl (C=O) groups excluding carboxylic acids is 3. The van der Waals surface area contributed by atoms with Crippen LogP contribution in [0.15, 0.2) is 0 Å². The van der Waals surface area contributed by atoms with Gasteiger partial charge < -0.3 is 33.7 Å². The number of carbonyl (C=O) groups is 3. The molecule has 0 spiro atoms. The van der Waals surface area contributed by atoms with Crippen molar-refractivity contribution in [1.82, 2.24) is 5.32 Å². The topological polar surface area (TPSA) is 119 Å². The third-order valence-corrected chi connectivity index (χ3v) is 6.77. The minimum Gasteiger partial charge on any atom is -0.467 e. The highest BCUT2D eigenvalue weighted by Gasteiger charge is 2.62. The van der Waals surface area contributed by atoms with Gasteiger partial charge in [-0.1, -0.05) is 25.6 Å². The van der Waals surface area contributed by atoms with Gasteiger partial charge in [-0.3, -0.25) is 9.59 Å². The van der Waals surface area contributed by atoms with Gasteiger partial charge in [0.25, 0.3) is 0 Å². The van der Waals surface area contributed by atoms with E-state index < -0.39 is 65.4 Å². The molecule has 10 nitrogen and oxygen atoms in total. The number of amides is 1. The number of fused-ring (bicyclic) bond motifs is 3. The summed E-state index contributed by atoms with van der Waals surface area (Å²) in [4.78, 5) is 37.1. The Morgan fingerprint density at radius 1 is 0.970 bits per heavy atom. The first kappa shape index (κ1) is 26.4. The molecule has 3 aliphatic rings. The van der Waals surface area contributed by atoms with Crippen LogP contribution in [-0.4, -0.2) is 77.7 Å². The molecule has 1 N–H and O–H groups in total. The van der Waals surface area contributed by atoms with Crippen LogP contribution >= 0.6 is 11.8 Å². The summed E-state index contributed by atoms with van der Waals surface area (Å²) in [5.41, 5.74) is 0. The summed E-state index contributed by atoms with van der Waals surface area (Å²) in [5, 5.41) is 1.94. The molecule has 0 aromatic carbocycles. The van der Waals surface area contributed by atoms with Gasteiger partial charge in [0.05, 0.1) is 12.4 Å². The van der Waals surface area contributed by atoms with Gasteiger partial charge in [-0.15, -0.1) is 0 Å². The van der Waals surface area contributed by atoms with Crippen molar-refractivity contribution in [2.24, 2.45) is 5.92 Å². The maximum atomic E-state index is 12.9. The lowest BCUT2D eigenvalue weighted by Crippen LogP contribution is -2.58. The molecule has 0 saturated carbocycles. The molecule has 11 heteroatoms. The number of ether oxygens (including phenoxy) is 6. The SMILES string of the molecule is COC(=O)[C@@H](NC(=O)CC(SC(C)=O)[C@H]1O[C@@H]2OC(C)(C)O[C@@H]2[C@H]2OC(C)(C)O[C@H]21)C(C)C. The van der Waals surface area contributed by atoms with Crippen molar-refractivity contribution in [2.45, 2.75) is 108 Å². The van der Waals surface area contributed by atoms with E-state index in [4.69, 9.17) is 28.4 Å². The fourth-order valence-corrected chi connectivity index (χ4v) is 5.43. The Morgan fingerprint density at radius 3 is 2.12 bits per heavy atom. The number of thioether (sulfide) groups is 1. The van der Waals surface area contributed by atoms with E-state index in [1.54, 1.807) is 27.7 Å². The van der Waals surface area contributed by atoms with E-state index in [2.05, 4.69) is 5.32 Å². The minimum atomic E-state index is -0.900. The molecule has 0 radical (unpaired) electrons. The van der Waals surface area contributed by atoms with Crippen molar-refractivity contribution < 1.29 is 42.8 Å². The van der Waals surface area contributed by atoms with Crippen molar-refractivity contribution in [1.29, 1.82) is 0 Å². The Labute approximate surface area is 198 Å². The molecule has 33 heavy (non-hydrogen) atoms. The number of hydrogen-bond acceptors (Lipinski definition) is 10. The second kappa shape index (κ2) is 9.79. The molecule has 0 aromatic heterocycles. The number of nitrogens with one attached hydrogen (secondary N) is 1. The molecular weight excluding hydrogens is 454 g/mol. The fourth-order valence-electron chi connectivity index (χ4n) is 4.42. The van der Waals surface area contributed by atoms with Crippen molar-refractivity contribution >= 4 is 28.8 Å². The zero-order valence-electron chi connectivity index (χ0n) is 20.4. The van der Waals surface area contributed by atoms with Crippen molar-refractivity contribution in [3.63, 3.8) is 0 Å². The number of methoxy groups -OCH3 is 1. The number of rotatable bonds is 7. The van der Waals surface area contributed by atoms with E-state index in [-0.39, 0.29) is 17.5 Å². The van der Waals surface area contributed by atoms with E-state index in [0.29, 0.717) is 0 Å². The van der Waals surface area contributed by atoms with Gasteiger partial charge >= 0.3 is 5.97 Å². The number of esters is 1. The molecular formula is C22H35NO9S. The number of hydrogen-bond donors (Lipinski definition) is 1. The lowest BCUT2D eigenvalue weighted by atomic mass is 9.95. The Bertz CT molecular complexity index is 771. The Balaban J connectivity index is 1.83. The third-order valence-electron chi connectivity index (χ3n) is 5.70. The average Bonchev–Trinajstić information content (AvgIpc) is 3.17. The van der Waals surface area contributed by atoms with Gasteiger partial charge in [0, 0.05) is 13.3 Å². The highest BCUT2D eigenvalue weighted by Crippen LogP contribution is 2.46. The summed E-state index contributed by atoms with van der Waals surface area (Å²) in [7, 11) is 1.27. The summed E-state index contributed by atoms with van der Waals surface area (Å²) in [6.45, 7) is 12.2. The molecule has 0 aromatic rings. The van der Waals surface area contributed by atoms with Crippen molar-refractivity contribution in [2.75, 3.05) is 7.11 Å². The smallest absolute Gasteiger partial charge is 0.328 e. The average molecular weight is 490 g/mol. The quantitative estimate of drug-likeness (QED) is 0.530. The first-order chi connectivity index (χ1) is 15.2. The van der Waals surface area contributed by atoms with Crippen LogP contribution in [0.2, 0.25) is 0 Å². The van der Waals surface area contributed by atoms with Gasteiger partial charge in [0.1, 0.15) is 30.5 Å². The second-order valence-corrected chi connectivity index (χ2v) is 11.2. The molecule has 3 saturated heterocycles. The van der Waals surface area contributed by atoms with Crippen LogP contribution in [0, 0.1) is 5.92 Å². The van der Waals surface area contributed by atoms with Crippen LogP contribution in [0.4, 0.5) is 0 Å². The van der Waals surface area contributed by atoms with Gasteiger partial charge in [0.2, 0.25) is 5.91 Å². The summed E-state index contributed by atoms with van der Waals surface area (Å²) in [6.07, 6.45) is -3.09. The van der Waals surface area contributed by atoms with Crippen molar-refractivity contribution in [3.05, 3.63) is 0 Å². The van der Waals surface area contributed by atoms with Crippen LogP contribution in [0.25, 0.3) is 0 Å². The van der Waals surface area contributed by atoms with Gasteiger partial charge in [-0.2, -0.15) is 0 Å².